The molecule has 1 rings (SSSR count). The molecule has 1 unspecified atom stereocenters. The van der Waals surface area contributed by atoms with E-state index < -0.39 is 5.54 Å². The van der Waals surface area contributed by atoms with E-state index in [2.05, 4.69) is 30.2 Å². The molecule has 0 amide bonds. The molecule has 1 N–H and O–H groups in total. The largest absolute Gasteiger partial charge is 0.297 e. The SMILES string of the molecule is CC(C)NC(C)(C#N)CCCCSc1ncccc1Cl. The number of aromatic nitrogens is 1. The Morgan fingerprint density at radius 3 is 2.85 bits per heavy atom. The second-order valence-electron chi connectivity index (χ2n) is 5.34. The van der Waals surface area contributed by atoms with Crippen LogP contribution in [0.25, 0.3) is 0 Å². The molecule has 0 saturated carbocycles. The lowest BCUT2D eigenvalue weighted by atomic mass is 9.96. The number of hydrogen-bond donors (Lipinski definition) is 1. The van der Waals surface area contributed by atoms with Crippen LogP contribution in [0.15, 0.2) is 23.4 Å². The molecule has 0 aliphatic carbocycles. The van der Waals surface area contributed by atoms with Crippen LogP contribution in [-0.2, 0) is 0 Å². The van der Waals surface area contributed by atoms with Gasteiger partial charge in [-0.05, 0) is 57.9 Å². The average molecular weight is 312 g/mol. The van der Waals surface area contributed by atoms with Crippen molar-refractivity contribution < 1.29 is 0 Å². The number of hydrogen-bond acceptors (Lipinski definition) is 4. The van der Waals surface area contributed by atoms with Gasteiger partial charge >= 0.3 is 0 Å². The van der Waals surface area contributed by atoms with Crippen LogP contribution in [0, 0.1) is 11.3 Å². The summed E-state index contributed by atoms with van der Waals surface area (Å²) in [4.78, 5) is 4.25. The van der Waals surface area contributed by atoms with Gasteiger partial charge in [0.15, 0.2) is 0 Å². The van der Waals surface area contributed by atoms with E-state index in [1.54, 1.807) is 18.0 Å². The highest BCUT2D eigenvalue weighted by molar-refractivity contribution is 7.99. The Hall–Kier alpha value is -0.760. The summed E-state index contributed by atoms with van der Waals surface area (Å²) in [5, 5.41) is 14.2. The van der Waals surface area contributed by atoms with Crippen molar-refractivity contribution in [2.75, 3.05) is 5.75 Å². The lowest BCUT2D eigenvalue weighted by molar-refractivity contribution is 0.372. The van der Waals surface area contributed by atoms with Gasteiger partial charge in [-0.3, -0.25) is 5.32 Å². The molecular formula is C15H22ClN3S. The zero-order valence-corrected chi connectivity index (χ0v) is 13.9. The van der Waals surface area contributed by atoms with Crippen molar-refractivity contribution in [1.29, 1.82) is 5.26 Å². The van der Waals surface area contributed by atoms with Crippen LogP contribution in [0.3, 0.4) is 0 Å². The monoisotopic (exact) mass is 311 g/mol. The molecule has 110 valence electrons. The summed E-state index contributed by atoms with van der Waals surface area (Å²) in [6.07, 6.45) is 4.68. The summed E-state index contributed by atoms with van der Waals surface area (Å²) in [6, 6.07) is 6.39. The molecule has 0 aliphatic rings. The van der Waals surface area contributed by atoms with E-state index in [0.29, 0.717) is 11.1 Å². The molecule has 0 aliphatic heterocycles. The number of halogens is 1. The minimum absolute atomic E-state index is 0.321. The van der Waals surface area contributed by atoms with Gasteiger partial charge in [-0.15, -0.1) is 11.8 Å². The quantitative estimate of drug-likeness (QED) is 0.575. The third-order valence-electron chi connectivity index (χ3n) is 2.89. The molecule has 0 radical (unpaired) electrons. The van der Waals surface area contributed by atoms with Gasteiger partial charge in [0.1, 0.15) is 10.6 Å². The number of pyridine rings is 1. The van der Waals surface area contributed by atoms with Crippen LogP contribution in [0.5, 0.6) is 0 Å². The second kappa shape index (κ2) is 8.51. The zero-order chi connectivity index (χ0) is 15.0. The van der Waals surface area contributed by atoms with Crippen LogP contribution in [-0.4, -0.2) is 22.3 Å². The van der Waals surface area contributed by atoms with Crippen LogP contribution in [0.1, 0.15) is 40.0 Å². The molecule has 1 aromatic rings. The lowest BCUT2D eigenvalue weighted by Gasteiger charge is -2.25. The summed E-state index contributed by atoms with van der Waals surface area (Å²) in [5.41, 5.74) is -0.429. The first-order valence-electron chi connectivity index (χ1n) is 6.89. The van der Waals surface area contributed by atoms with Crippen LogP contribution in [0.4, 0.5) is 0 Å². The Morgan fingerprint density at radius 2 is 2.25 bits per heavy atom. The maximum Gasteiger partial charge on any atom is 0.115 e. The van der Waals surface area contributed by atoms with Gasteiger partial charge in [0.25, 0.3) is 0 Å². The van der Waals surface area contributed by atoms with Gasteiger partial charge in [0.2, 0.25) is 0 Å². The van der Waals surface area contributed by atoms with Gasteiger partial charge in [0, 0.05) is 12.2 Å². The Balaban J connectivity index is 2.28. The standard InChI is InChI=1S/C15H22ClN3S/c1-12(2)19-15(3,11-17)8-4-5-10-20-14-13(16)7-6-9-18-14/h6-7,9,12,19H,4-5,8,10H2,1-3H3. The number of rotatable bonds is 8. The van der Waals surface area contributed by atoms with Gasteiger partial charge in [-0.2, -0.15) is 5.26 Å². The molecule has 1 aromatic heterocycles. The Bertz CT molecular complexity index is 459. The third kappa shape index (κ3) is 6.13. The normalized spacial score (nSPS) is 14.0. The summed E-state index contributed by atoms with van der Waals surface area (Å²) in [6.45, 7) is 6.10. The number of thioether (sulfide) groups is 1. The van der Waals surface area contributed by atoms with Crippen LogP contribution in [0.2, 0.25) is 5.02 Å². The first kappa shape index (κ1) is 17.3. The minimum atomic E-state index is -0.429. The summed E-state index contributed by atoms with van der Waals surface area (Å²) in [5.74, 6) is 0.972. The predicted molar refractivity (Wildman–Crippen MR) is 86.1 cm³/mol. The molecule has 0 fully saturated rings. The van der Waals surface area contributed by atoms with Gasteiger partial charge < -0.3 is 0 Å². The van der Waals surface area contributed by atoms with Crippen molar-refractivity contribution in [1.82, 2.24) is 10.3 Å². The van der Waals surface area contributed by atoms with E-state index in [-0.39, 0.29) is 0 Å². The smallest absolute Gasteiger partial charge is 0.115 e. The fourth-order valence-corrected chi connectivity index (χ4v) is 3.19. The second-order valence-corrected chi connectivity index (χ2v) is 6.83. The number of nitrogens with zero attached hydrogens (tertiary/aromatic N) is 2. The van der Waals surface area contributed by atoms with Crippen LogP contribution >= 0.6 is 23.4 Å². The minimum Gasteiger partial charge on any atom is -0.297 e. The summed E-state index contributed by atoms with van der Waals surface area (Å²) < 4.78 is 0. The highest BCUT2D eigenvalue weighted by Gasteiger charge is 2.23. The van der Waals surface area contributed by atoms with Crippen LogP contribution < -0.4 is 5.32 Å². The number of unbranched alkanes of at least 4 members (excludes halogenated alkanes) is 1. The van der Waals surface area contributed by atoms with Crippen molar-refractivity contribution in [2.24, 2.45) is 0 Å². The molecule has 0 bridgehead atoms. The molecule has 1 atom stereocenters. The third-order valence-corrected chi connectivity index (χ3v) is 4.40. The van der Waals surface area contributed by atoms with Gasteiger partial charge in [-0.25, -0.2) is 4.98 Å². The molecule has 20 heavy (non-hydrogen) atoms. The van der Waals surface area contributed by atoms with E-state index in [4.69, 9.17) is 11.6 Å². The average Bonchev–Trinajstić information content (AvgIpc) is 2.39. The van der Waals surface area contributed by atoms with Crippen molar-refractivity contribution >= 4 is 23.4 Å². The van der Waals surface area contributed by atoms with Crippen molar-refractivity contribution in [3.05, 3.63) is 23.4 Å². The highest BCUT2D eigenvalue weighted by Crippen LogP contribution is 2.25. The first-order chi connectivity index (χ1) is 9.47. The molecule has 0 spiro atoms. The summed E-state index contributed by atoms with van der Waals surface area (Å²) in [7, 11) is 0. The zero-order valence-electron chi connectivity index (χ0n) is 12.3. The molecule has 5 heteroatoms. The van der Waals surface area contributed by atoms with Crippen molar-refractivity contribution in [3.63, 3.8) is 0 Å². The summed E-state index contributed by atoms with van der Waals surface area (Å²) >= 11 is 7.73. The highest BCUT2D eigenvalue weighted by atomic mass is 35.5. The van der Waals surface area contributed by atoms with Gasteiger partial charge in [-0.1, -0.05) is 11.6 Å². The Kier molecular flexibility index (Phi) is 7.36. The Labute approximate surface area is 131 Å². The molecule has 0 saturated heterocycles. The molecule has 1 heterocycles. The maximum absolute atomic E-state index is 9.26. The first-order valence-corrected chi connectivity index (χ1v) is 8.25. The number of nitrogens with one attached hydrogen (secondary N) is 1. The van der Waals surface area contributed by atoms with E-state index in [9.17, 15) is 5.26 Å². The molecule has 0 aromatic carbocycles. The lowest BCUT2D eigenvalue weighted by Crippen LogP contribution is -2.44. The van der Waals surface area contributed by atoms with E-state index in [1.807, 2.05) is 19.1 Å². The molecular weight excluding hydrogens is 290 g/mol. The van der Waals surface area contributed by atoms with E-state index in [1.165, 1.54) is 0 Å². The van der Waals surface area contributed by atoms with E-state index in [0.717, 1.165) is 30.0 Å². The maximum atomic E-state index is 9.26. The molecule has 3 nitrogen and oxygen atoms in total. The predicted octanol–water partition coefficient (Wildman–Crippen LogP) is 4.28. The van der Waals surface area contributed by atoms with E-state index >= 15 is 0 Å². The Morgan fingerprint density at radius 1 is 1.50 bits per heavy atom. The van der Waals surface area contributed by atoms with Crippen molar-refractivity contribution in [3.8, 4) is 6.07 Å². The fourth-order valence-electron chi connectivity index (χ4n) is 2.02. The van der Waals surface area contributed by atoms with Gasteiger partial charge in [0.05, 0.1) is 11.1 Å². The number of nitriles is 1. The van der Waals surface area contributed by atoms with Crippen molar-refractivity contribution in [2.45, 2.75) is 56.6 Å². The topological polar surface area (TPSA) is 48.7 Å². The fraction of sp³-hybridized carbons (Fsp3) is 0.600.